The fraction of sp³-hybridized carbons (Fsp3) is 0.276. The standard InChI is InChI=1S/C29H27NO4/c1-32-28-13-7-6-8-22(28)19-14-20-16-33-17-21(15-19)30(20)29(31)34-18-27-25-11-4-2-9-23(25)24-10-3-5-12-26(24)27/h2-14,20-21,27H,15-18H2,1H3. The minimum absolute atomic E-state index is 0.0527. The average Bonchev–Trinajstić information content (AvgIpc) is 3.20. The molecule has 2 unspecified atom stereocenters. The number of methoxy groups -OCH3 is 1. The molecule has 1 amide bonds. The lowest BCUT2D eigenvalue weighted by Gasteiger charge is -2.44. The van der Waals surface area contributed by atoms with Crippen LogP contribution in [-0.4, -0.2) is 50.0 Å². The van der Waals surface area contributed by atoms with Gasteiger partial charge in [0.2, 0.25) is 0 Å². The molecule has 2 aliphatic heterocycles. The Balaban J connectivity index is 1.23. The van der Waals surface area contributed by atoms with Gasteiger partial charge in [0, 0.05) is 11.5 Å². The molecule has 3 aliphatic rings. The van der Waals surface area contributed by atoms with Crippen LogP contribution in [0, 0.1) is 0 Å². The summed E-state index contributed by atoms with van der Waals surface area (Å²) in [5, 5.41) is 0. The van der Waals surface area contributed by atoms with Crippen LogP contribution in [0.5, 0.6) is 5.75 Å². The first-order valence-electron chi connectivity index (χ1n) is 11.8. The predicted molar refractivity (Wildman–Crippen MR) is 131 cm³/mol. The van der Waals surface area contributed by atoms with Gasteiger partial charge in [-0.25, -0.2) is 4.79 Å². The quantitative estimate of drug-likeness (QED) is 0.523. The third kappa shape index (κ3) is 3.48. The van der Waals surface area contributed by atoms with Crippen LogP contribution >= 0.6 is 0 Å². The Morgan fingerprint density at radius 3 is 2.24 bits per heavy atom. The molecule has 6 rings (SSSR count). The number of ether oxygens (including phenoxy) is 3. The van der Waals surface area contributed by atoms with Crippen molar-refractivity contribution in [3.8, 4) is 16.9 Å². The molecule has 0 saturated carbocycles. The lowest BCUT2D eigenvalue weighted by molar-refractivity contribution is -0.0331. The van der Waals surface area contributed by atoms with E-state index in [-0.39, 0.29) is 24.1 Å². The predicted octanol–water partition coefficient (Wildman–Crippen LogP) is 5.50. The molecule has 3 aromatic rings. The highest BCUT2D eigenvalue weighted by Crippen LogP contribution is 2.45. The van der Waals surface area contributed by atoms with Crippen LogP contribution < -0.4 is 4.74 Å². The Bertz CT molecular complexity index is 1220. The number of rotatable bonds is 4. The lowest BCUT2D eigenvalue weighted by Crippen LogP contribution is -2.56. The number of para-hydroxylation sites is 1. The molecule has 0 radical (unpaired) electrons. The van der Waals surface area contributed by atoms with Crippen LogP contribution in [0.2, 0.25) is 0 Å². The molecule has 1 fully saturated rings. The Labute approximate surface area is 199 Å². The van der Waals surface area contributed by atoms with Crippen molar-refractivity contribution in [2.75, 3.05) is 26.9 Å². The third-order valence-corrected chi connectivity index (χ3v) is 7.20. The van der Waals surface area contributed by atoms with Crippen LogP contribution in [-0.2, 0) is 9.47 Å². The molecule has 172 valence electrons. The Hall–Kier alpha value is -3.57. The first kappa shape index (κ1) is 21.0. The molecule has 0 spiro atoms. The van der Waals surface area contributed by atoms with E-state index < -0.39 is 0 Å². The largest absolute Gasteiger partial charge is 0.496 e. The van der Waals surface area contributed by atoms with Crippen molar-refractivity contribution >= 4 is 11.7 Å². The minimum Gasteiger partial charge on any atom is -0.496 e. The monoisotopic (exact) mass is 453 g/mol. The lowest BCUT2D eigenvalue weighted by atomic mass is 9.89. The molecule has 34 heavy (non-hydrogen) atoms. The number of benzene rings is 3. The van der Waals surface area contributed by atoms with E-state index in [4.69, 9.17) is 14.2 Å². The van der Waals surface area contributed by atoms with Gasteiger partial charge in [0.15, 0.2) is 0 Å². The van der Waals surface area contributed by atoms with Gasteiger partial charge < -0.3 is 14.2 Å². The maximum atomic E-state index is 13.4. The zero-order valence-electron chi connectivity index (χ0n) is 19.1. The fourth-order valence-electron chi connectivity index (χ4n) is 5.66. The van der Waals surface area contributed by atoms with E-state index in [0.29, 0.717) is 26.2 Å². The summed E-state index contributed by atoms with van der Waals surface area (Å²) in [6.07, 6.45) is 2.58. The second kappa shape index (κ2) is 8.65. The number of fused-ring (bicyclic) bond motifs is 5. The molecule has 5 heteroatoms. The van der Waals surface area contributed by atoms with Gasteiger partial charge in [0.25, 0.3) is 0 Å². The Morgan fingerprint density at radius 2 is 1.56 bits per heavy atom. The van der Waals surface area contributed by atoms with Crippen molar-refractivity contribution in [3.63, 3.8) is 0 Å². The topological polar surface area (TPSA) is 48.0 Å². The van der Waals surface area contributed by atoms with E-state index >= 15 is 0 Å². The van der Waals surface area contributed by atoms with Gasteiger partial charge in [-0.1, -0.05) is 72.8 Å². The number of hydrogen-bond donors (Lipinski definition) is 0. The molecule has 2 heterocycles. The normalized spacial score (nSPS) is 20.9. The molecule has 1 saturated heterocycles. The summed E-state index contributed by atoms with van der Waals surface area (Å²) >= 11 is 0. The van der Waals surface area contributed by atoms with Gasteiger partial charge in [-0.15, -0.1) is 0 Å². The number of hydrogen-bond acceptors (Lipinski definition) is 4. The van der Waals surface area contributed by atoms with Gasteiger partial charge in [-0.3, -0.25) is 4.90 Å². The molecule has 1 aliphatic carbocycles. The molecule has 3 aromatic carbocycles. The van der Waals surface area contributed by atoms with Gasteiger partial charge >= 0.3 is 6.09 Å². The summed E-state index contributed by atoms with van der Waals surface area (Å²) in [5.74, 6) is 0.902. The van der Waals surface area contributed by atoms with E-state index in [0.717, 1.165) is 11.3 Å². The van der Waals surface area contributed by atoms with E-state index in [9.17, 15) is 4.79 Å². The molecular formula is C29H27NO4. The van der Waals surface area contributed by atoms with Crippen LogP contribution in [0.15, 0.2) is 78.9 Å². The second-order valence-corrected chi connectivity index (χ2v) is 9.07. The summed E-state index contributed by atoms with van der Waals surface area (Å²) in [5.41, 5.74) is 7.17. The van der Waals surface area contributed by atoms with Crippen LogP contribution in [0.1, 0.15) is 29.0 Å². The van der Waals surface area contributed by atoms with E-state index in [1.165, 1.54) is 27.8 Å². The number of carbonyl (C=O) groups is 1. The Kier molecular flexibility index (Phi) is 5.34. The third-order valence-electron chi connectivity index (χ3n) is 7.20. The zero-order chi connectivity index (χ0) is 23.1. The van der Waals surface area contributed by atoms with Gasteiger partial charge in [-0.05, 0) is 40.3 Å². The Morgan fingerprint density at radius 1 is 0.912 bits per heavy atom. The molecule has 0 aromatic heterocycles. The zero-order valence-corrected chi connectivity index (χ0v) is 19.1. The van der Waals surface area contributed by atoms with Crippen molar-refractivity contribution in [3.05, 3.63) is 95.6 Å². The summed E-state index contributed by atoms with van der Waals surface area (Å²) < 4.78 is 17.4. The number of nitrogens with zero attached hydrogens (tertiary/aromatic N) is 1. The number of amides is 1. The maximum Gasteiger partial charge on any atom is 0.410 e. The van der Waals surface area contributed by atoms with E-state index in [1.807, 2.05) is 23.1 Å². The van der Waals surface area contributed by atoms with E-state index in [1.54, 1.807) is 7.11 Å². The highest BCUT2D eigenvalue weighted by atomic mass is 16.6. The van der Waals surface area contributed by atoms with Gasteiger partial charge in [-0.2, -0.15) is 0 Å². The summed E-state index contributed by atoms with van der Waals surface area (Å²) in [6, 6.07) is 24.6. The first-order chi connectivity index (χ1) is 16.7. The average molecular weight is 454 g/mol. The second-order valence-electron chi connectivity index (χ2n) is 9.07. The van der Waals surface area contributed by atoms with Crippen molar-refractivity contribution in [2.45, 2.75) is 24.4 Å². The summed E-state index contributed by atoms with van der Waals surface area (Å²) in [6.45, 7) is 1.30. The summed E-state index contributed by atoms with van der Waals surface area (Å²) in [7, 11) is 1.69. The fourth-order valence-corrected chi connectivity index (χ4v) is 5.66. The highest BCUT2D eigenvalue weighted by Gasteiger charge is 2.40. The van der Waals surface area contributed by atoms with Crippen molar-refractivity contribution in [1.29, 1.82) is 0 Å². The van der Waals surface area contributed by atoms with Crippen LogP contribution in [0.25, 0.3) is 16.7 Å². The smallest absolute Gasteiger partial charge is 0.410 e. The van der Waals surface area contributed by atoms with Crippen LogP contribution in [0.3, 0.4) is 0 Å². The number of morpholine rings is 1. The maximum absolute atomic E-state index is 13.4. The number of carbonyl (C=O) groups excluding carboxylic acids is 1. The van der Waals surface area contributed by atoms with Crippen molar-refractivity contribution in [2.24, 2.45) is 0 Å². The highest BCUT2D eigenvalue weighted by molar-refractivity contribution is 5.80. The molecular weight excluding hydrogens is 426 g/mol. The van der Waals surface area contributed by atoms with Crippen molar-refractivity contribution < 1.29 is 19.0 Å². The molecule has 5 nitrogen and oxygen atoms in total. The first-order valence-corrected chi connectivity index (χ1v) is 11.8. The van der Waals surface area contributed by atoms with Crippen LogP contribution in [0.4, 0.5) is 4.79 Å². The SMILES string of the molecule is COc1ccccc1C1=CC2COCC(C1)N2C(=O)OCC1c2ccccc2-c2ccccc21. The minimum atomic E-state index is -0.268. The molecule has 0 N–H and O–H groups in total. The van der Waals surface area contributed by atoms with Gasteiger partial charge in [0.1, 0.15) is 12.4 Å². The molecule has 2 bridgehead atoms. The molecule has 2 atom stereocenters. The van der Waals surface area contributed by atoms with Crippen molar-refractivity contribution in [1.82, 2.24) is 4.90 Å². The van der Waals surface area contributed by atoms with Gasteiger partial charge in [0.05, 0.1) is 32.4 Å². The summed E-state index contributed by atoms with van der Waals surface area (Å²) in [4.78, 5) is 15.2. The van der Waals surface area contributed by atoms with E-state index in [2.05, 4.69) is 60.7 Å².